The van der Waals surface area contributed by atoms with Crippen molar-refractivity contribution in [3.05, 3.63) is 28.8 Å². The van der Waals surface area contributed by atoms with Crippen LogP contribution in [0, 0.1) is 0 Å². The molecule has 0 N–H and O–H groups in total. The van der Waals surface area contributed by atoms with Crippen LogP contribution in [-0.4, -0.2) is 57.4 Å². The molecule has 6 nitrogen and oxygen atoms in total. The fraction of sp³-hybridized carbons (Fsp3) is 0.625. The lowest BCUT2D eigenvalue weighted by Gasteiger charge is -2.32. The second-order valence-electron chi connectivity index (χ2n) is 8.55. The molecule has 1 heterocycles. The van der Waals surface area contributed by atoms with Crippen molar-refractivity contribution >= 4 is 5.97 Å². The Kier molecular flexibility index (Phi) is 6.52. The summed E-state index contributed by atoms with van der Waals surface area (Å²) < 4.78 is 22.0. The third kappa shape index (κ3) is 4.29. The molecule has 1 aliphatic heterocycles. The minimum Gasteiger partial charge on any atom is -0.493 e. The lowest BCUT2D eigenvalue weighted by Crippen LogP contribution is -2.38. The summed E-state index contributed by atoms with van der Waals surface area (Å²) in [7, 11) is 4.63. The molecule has 164 valence electrons. The summed E-state index contributed by atoms with van der Waals surface area (Å²) in [5, 5.41) is 0. The number of esters is 1. The Morgan fingerprint density at radius 3 is 2.20 bits per heavy atom. The van der Waals surface area contributed by atoms with E-state index in [4.69, 9.17) is 18.9 Å². The number of carbonyl (C=O) groups excluding carboxylic acids is 1. The van der Waals surface area contributed by atoms with Crippen LogP contribution in [0.1, 0.15) is 61.7 Å². The summed E-state index contributed by atoms with van der Waals surface area (Å²) in [4.78, 5) is 15.5. The zero-order valence-corrected chi connectivity index (χ0v) is 18.4. The number of methoxy groups -OCH3 is 3. The van der Waals surface area contributed by atoms with E-state index >= 15 is 0 Å². The predicted octanol–water partition coefficient (Wildman–Crippen LogP) is 4.37. The first kappa shape index (κ1) is 21.0. The van der Waals surface area contributed by atoms with E-state index in [-0.39, 0.29) is 12.1 Å². The topological polar surface area (TPSA) is 57.2 Å². The molecule has 1 aromatic rings. The van der Waals surface area contributed by atoms with Crippen LogP contribution in [0.15, 0.2) is 23.3 Å². The Morgan fingerprint density at radius 1 is 0.900 bits per heavy atom. The first-order valence-electron chi connectivity index (χ1n) is 11.1. The lowest BCUT2D eigenvalue weighted by molar-refractivity contribution is 0.0270. The number of benzene rings is 1. The molecule has 4 rings (SSSR count). The molecule has 2 unspecified atom stereocenters. The van der Waals surface area contributed by atoms with E-state index in [2.05, 4.69) is 4.90 Å². The van der Waals surface area contributed by atoms with Gasteiger partial charge in [0.05, 0.1) is 26.9 Å². The Bertz CT molecular complexity index is 787. The van der Waals surface area contributed by atoms with Gasteiger partial charge in [-0.15, -0.1) is 0 Å². The van der Waals surface area contributed by atoms with Crippen molar-refractivity contribution in [3.8, 4) is 17.2 Å². The molecule has 0 saturated carbocycles. The van der Waals surface area contributed by atoms with Gasteiger partial charge < -0.3 is 18.9 Å². The van der Waals surface area contributed by atoms with Crippen molar-refractivity contribution in [2.75, 3.05) is 34.4 Å². The zero-order chi connectivity index (χ0) is 21.1. The highest BCUT2D eigenvalue weighted by atomic mass is 16.5. The number of ether oxygens (including phenoxy) is 4. The minimum atomic E-state index is -0.339. The van der Waals surface area contributed by atoms with Crippen LogP contribution in [-0.2, 0) is 4.74 Å². The van der Waals surface area contributed by atoms with Crippen molar-refractivity contribution in [1.82, 2.24) is 4.90 Å². The lowest BCUT2D eigenvalue weighted by atomic mass is 9.92. The maximum absolute atomic E-state index is 12.9. The number of piperidine rings is 1. The average Bonchev–Trinajstić information content (AvgIpc) is 3.22. The van der Waals surface area contributed by atoms with E-state index in [0.717, 1.165) is 25.7 Å². The van der Waals surface area contributed by atoms with Gasteiger partial charge in [0, 0.05) is 12.5 Å². The second kappa shape index (κ2) is 9.29. The fourth-order valence-electron chi connectivity index (χ4n) is 5.21. The van der Waals surface area contributed by atoms with E-state index in [1.54, 1.807) is 39.0 Å². The summed E-state index contributed by atoms with van der Waals surface area (Å²) >= 11 is 0. The van der Waals surface area contributed by atoms with Crippen molar-refractivity contribution < 1.29 is 23.7 Å². The molecule has 2 atom stereocenters. The molecular weight excluding hydrogens is 382 g/mol. The number of rotatable bonds is 6. The molecular formula is C24H33NO5. The van der Waals surface area contributed by atoms with Crippen LogP contribution in [0.25, 0.3) is 0 Å². The van der Waals surface area contributed by atoms with Crippen LogP contribution in [0.3, 0.4) is 0 Å². The monoisotopic (exact) mass is 415 g/mol. The van der Waals surface area contributed by atoms with Crippen LogP contribution in [0.5, 0.6) is 17.2 Å². The number of hydrogen-bond acceptors (Lipinski definition) is 6. The van der Waals surface area contributed by atoms with E-state index < -0.39 is 0 Å². The van der Waals surface area contributed by atoms with E-state index in [9.17, 15) is 4.79 Å². The van der Waals surface area contributed by atoms with Crippen molar-refractivity contribution in [2.45, 2.75) is 63.5 Å². The first-order valence-corrected chi connectivity index (χ1v) is 11.1. The number of carbonyl (C=O) groups is 1. The Balaban J connectivity index is 1.39. The standard InChI is InChI=1S/C24H33NO5/c1-27-21-14-18(15-22(28-2)23(21)29-3)24(26)30-20-8-7-16-11-19(12-17(16)13-20)25-9-5-4-6-10-25/h14-15,19-20H,4-13H2,1-3H3. The second-order valence-corrected chi connectivity index (χ2v) is 8.55. The van der Waals surface area contributed by atoms with Gasteiger partial charge in [0.15, 0.2) is 11.5 Å². The zero-order valence-electron chi connectivity index (χ0n) is 18.4. The van der Waals surface area contributed by atoms with Crippen molar-refractivity contribution in [1.29, 1.82) is 0 Å². The van der Waals surface area contributed by atoms with Crippen LogP contribution < -0.4 is 14.2 Å². The van der Waals surface area contributed by atoms with Gasteiger partial charge in [0.2, 0.25) is 5.75 Å². The highest BCUT2D eigenvalue weighted by molar-refractivity contribution is 5.91. The molecule has 1 aromatic carbocycles. The first-order chi connectivity index (χ1) is 14.6. The predicted molar refractivity (Wildman–Crippen MR) is 115 cm³/mol. The molecule has 2 aliphatic carbocycles. The largest absolute Gasteiger partial charge is 0.493 e. The van der Waals surface area contributed by atoms with E-state index in [1.165, 1.54) is 44.3 Å². The Morgan fingerprint density at radius 2 is 1.57 bits per heavy atom. The summed E-state index contributed by atoms with van der Waals surface area (Å²) in [6, 6.07) is 3.97. The van der Waals surface area contributed by atoms with Gasteiger partial charge in [0.1, 0.15) is 6.10 Å². The van der Waals surface area contributed by atoms with E-state index in [0.29, 0.717) is 28.9 Å². The quantitative estimate of drug-likeness (QED) is 0.508. The summed E-state index contributed by atoms with van der Waals surface area (Å²) in [6.07, 6.45) is 9.15. The molecule has 1 saturated heterocycles. The summed E-state index contributed by atoms with van der Waals surface area (Å²) in [5.74, 6) is 1.04. The average molecular weight is 416 g/mol. The fourth-order valence-corrected chi connectivity index (χ4v) is 5.21. The molecule has 0 radical (unpaired) electrons. The third-order valence-corrected chi connectivity index (χ3v) is 6.79. The van der Waals surface area contributed by atoms with Gasteiger partial charge in [-0.2, -0.15) is 0 Å². The van der Waals surface area contributed by atoms with Crippen molar-refractivity contribution in [2.24, 2.45) is 0 Å². The summed E-state index contributed by atoms with van der Waals surface area (Å²) in [6.45, 7) is 2.48. The number of likely N-dealkylation sites (tertiary alicyclic amines) is 1. The smallest absolute Gasteiger partial charge is 0.338 e. The van der Waals surface area contributed by atoms with Gasteiger partial charge in [-0.25, -0.2) is 4.79 Å². The van der Waals surface area contributed by atoms with Crippen molar-refractivity contribution in [3.63, 3.8) is 0 Å². The number of hydrogen-bond donors (Lipinski definition) is 0. The van der Waals surface area contributed by atoms with Crippen LogP contribution in [0.4, 0.5) is 0 Å². The number of nitrogens with zero attached hydrogens (tertiary/aromatic N) is 1. The molecule has 0 aromatic heterocycles. The molecule has 6 heteroatoms. The third-order valence-electron chi connectivity index (χ3n) is 6.79. The van der Waals surface area contributed by atoms with Gasteiger partial charge in [-0.3, -0.25) is 4.90 Å². The molecule has 30 heavy (non-hydrogen) atoms. The normalized spacial score (nSPS) is 24.4. The van der Waals surface area contributed by atoms with Gasteiger partial charge in [0.25, 0.3) is 0 Å². The molecule has 3 aliphatic rings. The molecule has 1 fully saturated rings. The molecule has 0 spiro atoms. The Hall–Kier alpha value is -2.21. The highest BCUT2D eigenvalue weighted by Crippen LogP contribution is 2.42. The molecule has 0 bridgehead atoms. The van der Waals surface area contributed by atoms with E-state index in [1.807, 2.05) is 0 Å². The summed E-state index contributed by atoms with van der Waals surface area (Å²) in [5.41, 5.74) is 3.56. The van der Waals surface area contributed by atoms with Crippen LogP contribution in [0.2, 0.25) is 0 Å². The maximum Gasteiger partial charge on any atom is 0.338 e. The molecule has 0 amide bonds. The van der Waals surface area contributed by atoms with Gasteiger partial charge >= 0.3 is 5.97 Å². The van der Waals surface area contributed by atoms with Crippen LogP contribution >= 0.6 is 0 Å². The minimum absolute atomic E-state index is 0.0598. The SMILES string of the molecule is COc1cc(C(=O)OC2CCC3=C(C2)CC(N2CCCCC2)C3)cc(OC)c1OC. The highest BCUT2D eigenvalue weighted by Gasteiger charge is 2.34. The maximum atomic E-state index is 12.9. The Labute approximate surface area is 179 Å². The van der Waals surface area contributed by atoms with Gasteiger partial charge in [-0.1, -0.05) is 17.6 Å². The van der Waals surface area contributed by atoms with Gasteiger partial charge in [-0.05, 0) is 63.7 Å².